The molecule has 1 aromatic heterocycles. The van der Waals surface area contributed by atoms with Gasteiger partial charge < -0.3 is 30.5 Å². The summed E-state index contributed by atoms with van der Waals surface area (Å²) < 4.78 is 39.4. The first kappa shape index (κ1) is 37.3. The standard InChI is InChI=1S/C35H49N6O8S/c1-9-22-18-35(22,31(44)39-50(46,47)24-12-13-24)41(36)29(42)26-17-23(48-28-25-16-20(2)10-11-21(25)14-15-37-28)19-40(26)30(43)27(33(3,4)5)38-32(45)49-34(6,7)8/h10-11,14-16,22-24,26-27,36H,9,12-13,17-19H2,1-8H3,(H,38,45)(H,39,44)/q-1/t22?,23-,26+,27?,35-/m1/s1. The smallest absolute Gasteiger partial charge is 0.408 e. The third-order valence-corrected chi connectivity index (χ3v) is 11.4. The average molecular weight is 714 g/mol. The number of carbonyl (C=O) groups is 4. The molecule has 2 saturated carbocycles. The second-order valence-corrected chi connectivity index (χ2v) is 17.8. The molecule has 0 bridgehead atoms. The van der Waals surface area contributed by atoms with Crippen molar-refractivity contribution < 1.29 is 37.1 Å². The Morgan fingerprint density at radius 1 is 1.12 bits per heavy atom. The Morgan fingerprint density at radius 2 is 1.80 bits per heavy atom. The number of ether oxygens (including phenoxy) is 2. The van der Waals surface area contributed by atoms with Crippen LogP contribution in [-0.2, 0) is 29.1 Å². The van der Waals surface area contributed by atoms with Crippen LogP contribution in [0.3, 0.4) is 0 Å². The van der Waals surface area contributed by atoms with E-state index in [9.17, 15) is 27.6 Å². The molecule has 50 heavy (non-hydrogen) atoms. The highest BCUT2D eigenvalue weighted by Gasteiger charge is 2.63. The van der Waals surface area contributed by atoms with E-state index in [4.69, 9.17) is 15.3 Å². The van der Waals surface area contributed by atoms with Crippen molar-refractivity contribution in [2.24, 2.45) is 11.3 Å². The van der Waals surface area contributed by atoms with Gasteiger partial charge in [-0.25, -0.2) is 18.2 Å². The molecule has 0 radical (unpaired) electrons. The number of nitrogens with one attached hydrogen (secondary N) is 3. The molecule has 2 aliphatic carbocycles. The van der Waals surface area contributed by atoms with Crippen LogP contribution in [0.1, 0.15) is 86.1 Å². The van der Waals surface area contributed by atoms with Gasteiger partial charge in [-0.1, -0.05) is 51.8 Å². The van der Waals surface area contributed by atoms with E-state index < -0.39 is 79.7 Å². The number of hydrogen-bond acceptors (Lipinski definition) is 9. The molecule has 5 atom stereocenters. The molecule has 2 aromatic rings. The summed E-state index contributed by atoms with van der Waals surface area (Å²) in [5, 5.41) is 4.22. The highest BCUT2D eigenvalue weighted by molar-refractivity contribution is 7.91. The highest BCUT2D eigenvalue weighted by atomic mass is 32.2. The van der Waals surface area contributed by atoms with Crippen molar-refractivity contribution in [1.82, 2.24) is 24.9 Å². The van der Waals surface area contributed by atoms with E-state index in [2.05, 4.69) is 15.0 Å². The van der Waals surface area contributed by atoms with Crippen molar-refractivity contribution >= 4 is 44.6 Å². The first-order valence-corrected chi connectivity index (χ1v) is 18.7. The second kappa shape index (κ2) is 13.3. The maximum Gasteiger partial charge on any atom is 0.408 e. The minimum Gasteiger partial charge on any atom is -0.580 e. The molecule has 3 fully saturated rings. The largest absolute Gasteiger partial charge is 0.580 e. The Labute approximate surface area is 293 Å². The fraction of sp³-hybridized carbons (Fsp3) is 0.629. The molecule has 14 nitrogen and oxygen atoms in total. The van der Waals surface area contributed by atoms with Crippen molar-refractivity contribution in [2.45, 2.75) is 122 Å². The molecule has 274 valence electrons. The monoisotopic (exact) mass is 713 g/mol. The Kier molecular flexibility index (Phi) is 9.91. The van der Waals surface area contributed by atoms with Crippen LogP contribution in [0.2, 0.25) is 0 Å². The van der Waals surface area contributed by atoms with E-state index in [0.717, 1.165) is 16.3 Å². The number of likely N-dealkylation sites (tertiary alicyclic amines) is 1. The van der Waals surface area contributed by atoms with Gasteiger partial charge in [0.15, 0.2) is 0 Å². The molecule has 1 aliphatic heterocycles. The van der Waals surface area contributed by atoms with Crippen LogP contribution >= 0.6 is 0 Å². The normalized spacial score (nSPS) is 24.3. The van der Waals surface area contributed by atoms with E-state index in [-0.39, 0.29) is 19.4 Å². The number of carbonyl (C=O) groups excluding carboxylic acids is 4. The predicted molar refractivity (Wildman–Crippen MR) is 186 cm³/mol. The average Bonchev–Trinajstić information content (AvgIpc) is 3.94. The van der Waals surface area contributed by atoms with Crippen molar-refractivity contribution in [3.8, 4) is 5.88 Å². The van der Waals surface area contributed by atoms with Gasteiger partial charge in [0, 0.05) is 18.0 Å². The number of aromatic nitrogens is 1. The van der Waals surface area contributed by atoms with E-state index in [1.54, 1.807) is 54.7 Å². The molecule has 2 unspecified atom stereocenters. The number of pyridine rings is 1. The fourth-order valence-electron chi connectivity index (χ4n) is 6.58. The predicted octanol–water partition coefficient (Wildman–Crippen LogP) is 4.40. The van der Waals surface area contributed by atoms with E-state index >= 15 is 0 Å². The minimum absolute atomic E-state index is 0.0397. The summed E-state index contributed by atoms with van der Waals surface area (Å²) in [5.74, 6) is 6.53. The van der Waals surface area contributed by atoms with Crippen LogP contribution in [0.25, 0.3) is 16.6 Å². The van der Waals surface area contributed by atoms with Crippen LogP contribution in [0.15, 0.2) is 30.5 Å². The number of fused-ring (bicyclic) bond motifs is 1. The van der Waals surface area contributed by atoms with Crippen molar-refractivity contribution in [3.05, 3.63) is 41.9 Å². The van der Waals surface area contributed by atoms with Gasteiger partial charge in [0.2, 0.25) is 27.7 Å². The van der Waals surface area contributed by atoms with Gasteiger partial charge in [-0.2, -0.15) is 0 Å². The van der Waals surface area contributed by atoms with Crippen molar-refractivity contribution in [3.63, 3.8) is 0 Å². The zero-order valence-electron chi connectivity index (χ0n) is 30.0. The number of sulfonamides is 1. The lowest BCUT2D eigenvalue weighted by Crippen LogP contribution is -2.60. The Hall–Kier alpha value is -3.98. The number of rotatable bonds is 10. The molecule has 4 amide bonds. The molecular weight excluding hydrogens is 664 g/mol. The quantitative estimate of drug-likeness (QED) is 0.336. The topological polar surface area (TPSA) is 188 Å². The summed E-state index contributed by atoms with van der Waals surface area (Å²) in [5.41, 5.74) is -2.40. The van der Waals surface area contributed by atoms with Gasteiger partial charge in [0.05, 0.1) is 11.8 Å². The number of alkyl carbamates (subject to hydrolysis) is 1. The third-order valence-electron chi connectivity index (χ3n) is 9.54. The molecular formula is C35H49N6O8S-. The minimum atomic E-state index is -3.94. The molecule has 3 aliphatic rings. The molecule has 0 spiro atoms. The lowest BCUT2D eigenvalue weighted by Gasteiger charge is -2.41. The Morgan fingerprint density at radius 3 is 2.38 bits per heavy atom. The third kappa shape index (κ3) is 7.68. The summed E-state index contributed by atoms with van der Waals surface area (Å²) in [4.78, 5) is 61.1. The van der Waals surface area contributed by atoms with Crippen molar-refractivity contribution in [2.75, 3.05) is 6.54 Å². The molecule has 2 heterocycles. The molecule has 1 aromatic carbocycles. The number of hydrogen-bond donors (Lipinski definition) is 2. The summed E-state index contributed by atoms with van der Waals surface area (Å²) >= 11 is 0. The van der Waals surface area contributed by atoms with Crippen LogP contribution in [-0.4, -0.2) is 88.2 Å². The fourth-order valence-corrected chi connectivity index (χ4v) is 7.94. The van der Waals surface area contributed by atoms with Crippen LogP contribution in [0, 0.1) is 18.3 Å². The van der Waals surface area contributed by atoms with Gasteiger partial charge in [-0.05, 0) is 75.8 Å². The lowest BCUT2D eigenvalue weighted by molar-refractivity contribution is -0.148. The van der Waals surface area contributed by atoms with Gasteiger partial charge >= 0.3 is 6.09 Å². The summed E-state index contributed by atoms with van der Waals surface area (Å²) in [6.45, 7) is 14.1. The van der Waals surface area contributed by atoms with E-state index in [0.29, 0.717) is 30.2 Å². The summed E-state index contributed by atoms with van der Waals surface area (Å²) in [6.07, 6.45) is 1.42. The van der Waals surface area contributed by atoms with Crippen LogP contribution < -0.4 is 14.8 Å². The van der Waals surface area contributed by atoms with E-state index in [1.165, 1.54) is 4.90 Å². The zero-order valence-corrected chi connectivity index (χ0v) is 30.8. The molecule has 3 N–H and O–H groups in total. The summed E-state index contributed by atoms with van der Waals surface area (Å²) in [7, 11) is -3.94. The van der Waals surface area contributed by atoms with Crippen LogP contribution in [0.4, 0.5) is 4.79 Å². The Balaban J connectivity index is 1.47. The maximum atomic E-state index is 14.5. The van der Waals surface area contributed by atoms with Gasteiger partial charge in [-0.15, -0.1) is 0 Å². The Bertz CT molecular complexity index is 1780. The summed E-state index contributed by atoms with van der Waals surface area (Å²) in [6, 6.07) is 5.27. The number of benzene rings is 1. The number of aryl methyl sites for hydroxylation is 1. The van der Waals surface area contributed by atoms with E-state index in [1.807, 2.05) is 31.2 Å². The van der Waals surface area contributed by atoms with Gasteiger partial charge in [0.1, 0.15) is 29.3 Å². The highest BCUT2D eigenvalue weighted by Crippen LogP contribution is 2.52. The van der Waals surface area contributed by atoms with Crippen molar-refractivity contribution in [1.29, 1.82) is 0 Å². The lowest BCUT2D eigenvalue weighted by atomic mass is 9.85. The molecule has 1 saturated heterocycles. The van der Waals surface area contributed by atoms with Gasteiger partial charge in [0.25, 0.3) is 5.91 Å². The van der Waals surface area contributed by atoms with Crippen LogP contribution in [0.5, 0.6) is 5.88 Å². The second-order valence-electron chi connectivity index (χ2n) is 15.9. The first-order chi connectivity index (χ1) is 23.2. The van der Waals surface area contributed by atoms with Gasteiger partial charge in [-0.3, -0.25) is 19.1 Å². The number of nitrogens with zero attached hydrogens (tertiary/aromatic N) is 3. The first-order valence-electron chi connectivity index (χ1n) is 17.1. The molecule has 15 heteroatoms. The zero-order chi connectivity index (χ0) is 37.0. The maximum absolute atomic E-state index is 14.5. The SMILES string of the molecule is CCC1C[C@@]1(C(=O)NS(=O)(=O)C1CC1)N([NH-])C(=O)[C@@H]1C[C@@H](Oc2nccc3ccc(C)cc23)CN1C(=O)C(NC(=O)OC(C)(C)C)C(C)(C)C. The number of amides is 4. The molecule has 5 rings (SSSR count).